The zero-order chi connectivity index (χ0) is 79.2. The SMILES string of the molecule is CC(C)CC[C@H](C)[C@@H]1CC[C@@H]2[C@H]3CC=C4C[C@H](OC(=O)NC(CCCNC(=N)N)C(=O)N5CCCC5C(=O)NC(CCCNC(=N)N)C(=O)NC(CCCN)C(=O)NC(CCC(=O)NCCNS(=O)(=O)c5cccc6cnccc56)C(=O)NC(CO)C(=O)NC(Cc5ccccc5)C(N)=O)CC[C@@]4(C)[C@@H]3CC[C@]21C. The van der Waals surface area contributed by atoms with Crippen LogP contribution in [0, 0.1) is 57.2 Å². The van der Waals surface area contributed by atoms with Gasteiger partial charge >= 0.3 is 6.09 Å². The number of carbonyl (C=O) groups is 9. The average molecular weight is 1540 g/mol. The number of aromatic nitrogens is 1. The van der Waals surface area contributed by atoms with Crippen LogP contribution in [0.1, 0.15) is 169 Å². The number of aliphatic hydroxyl groups excluding tert-OH is 1. The highest BCUT2D eigenvalue weighted by molar-refractivity contribution is 7.89. The maximum atomic E-state index is 14.9. The molecule has 1 saturated heterocycles. The fourth-order valence-corrected chi connectivity index (χ4v) is 18.8. The number of guanidine groups is 2. The van der Waals surface area contributed by atoms with Crippen LogP contribution in [0.25, 0.3) is 10.8 Å². The zero-order valence-electron chi connectivity index (χ0n) is 63.8. The van der Waals surface area contributed by atoms with Gasteiger partial charge in [0.1, 0.15) is 48.4 Å². The molecule has 3 aromatic rings. The van der Waals surface area contributed by atoms with Gasteiger partial charge in [-0.05, 0) is 173 Å². The molecule has 32 heteroatoms. The molecule has 4 aliphatic carbocycles. The van der Waals surface area contributed by atoms with Crippen LogP contribution in [0.3, 0.4) is 0 Å². The van der Waals surface area contributed by atoms with Crippen LogP contribution in [0.4, 0.5) is 4.79 Å². The van der Waals surface area contributed by atoms with E-state index in [9.17, 15) is 56.7 Å². The predicted octanol–water partition coefficient (Wildman–Crippen LogP) is 2.92. The number of nitrogens with two attached hydrogens (primary N) is 4. The van der Waals surface area contributed by atoms with Gasteiger partial charge in [-0.1, -0.05) is 102 Å². The van der Waals surface area contributed by atoms with Gasteiger partial charge in [0.25, 0.3) is 0 Å². The van der Waals surface area contributed by atoms with E-state index >= 15 is 0 Å². The molecule has 2 aromatic carbocycles. The van der Waals surface area contributed by atoms with Gasteiger partial charge in [-0.15, -0.1) is 0 Å². The number of alkyl carbamates (subject to hydrolysis) is 1. The normalized spacial score (nSPS) is 23.4. The number of pyridine rings is 1. The van der Waals surface area contributed by atoms with Gasteiger partial charge in [0.05, 0.1) is 11.5 Å². The first-order valence-corrected chi connectivity index (χ1v) is 40.3. The molecule has 21 N–H and O–H groups in total. The molecule has 15 atom stereocenters. The monoisotopic (exact) mass is 1530 g/mol. The van der Waals surface area contributed by atoms with Gasteiger partial charge in [0, 0.05) is 75.2 Å². The van der Waals surface area contributed by atoms with Crippen molar-refractivity contribution in [1.82, 2.24) is 62.5 Å². The third-order valence-electron chi connectivity index (χ3n) is 23.4. The Bertz CT molecular complexity index is 3830. The lowest BCUT2D eigenvalue weighted by Crippen LogP contribution is -2.60. The summed E-state index contributed by atoms with van der Waals surface area (Å²) in [6.45, 7) is 11.0. The molecular formula is C77H118N18O13S. The quantitative estimate of drug-likeness (QED) is 0.0168. The van der Waals surface area contributed by atoms with Gasteiger partial charge in [-0.3, -0.25) is 54.2 Å². The largest absolute Gasteiger partial charge is 0.446 e. The molecule has 8 rings (SSSR count). The van der Waals surface area contributed by atoms with Crippen molar-refractivity contribution in [2.24, 2.45) is 69.3 Å². The summed E-state index contributed by atoms with van der Waals surface area (Å²) in [5.41, 5.74) is 25.1. The van der Waals surface area contributed by atoms with Crippen LogP contribution >= 0.6 is 0 Å². The molecular weight excluding hydrogens is 1420 g/mol. The second-order valence-corrected chi connectivity index (χ2v) is 32.9. The van der Waals surface area contributed by atoms with Gasteiger partial charge < -0.3 is 85.5 Å². The van der Waals surface area contributed by atoms with E-state index in [1.807, 2.05) is 0 Å². The Morgan fingerprint density at radius 1 is 0.670 bits per heavy atom. The van der Waals surface area contributed by atoms with Crippen LogP contribution in [0.15, 0.2) is 83.5 Å². The number of benzene rings is 2. The second-order valence-electron chi connectivity index (χ2n) is 31.2. The Morgan fingerprint density at radius 2 is 1.31 bits per heavy atom. The Morgan fingerprint density at radius 3 is 1.97 bits per heavy atom. The van der Waals surface area contributed by atoms with E-state index < -0.39 is 131 Å². The third kappa shape index (κ3) is 23.3. The Hall–Kier alpha value is -9.01. The molecule has 2 heterocycles. The first kappa shape index (κ1) is 85.6. The summed E-state index contributed by atoms with van der Waals surface area (Å²) in [6, 6.07) is 4.87. The highest BCUT2D eigenvalue weighted by Gasteiger charge is 2.59. The number of likely N-dealkylation sites (tertiary alicyclic amines) is 1. The highest BCUT2D eigenvalue weighted by Crippen LogP contribution is 2.67. The van der Waals surface area contributed by atoms with Crippen molar-refractivity contribution in [2.75, 3.05) is 45.9 Å². The number of rotatable bonds is 40. The van der Waals surface area contributed by atoms with Crippen molar-refractivity contribution >= 4 is 86.1 Å². The minimum Gasteiger partial charge on any atom is -0.446 e. The molecule has 7 unspecified atom stereocenters. The van der Waals surface area contributed by atoms with Gasteiger partial charge in [-0.2, -0.15) is 0 Å². The van der Waals surface area contributed by atoms with Crippen molar-refractivity contribution in [3.05, 3.63) is 84.2 Å². The van der Waals surface area contributed by atoms with E-state index in [0.717, 1.165) is 18.8 Å². The number of fused-ring (bicyclic) bond motifs is 6. The standard InChI is InChI=1S/C77H118N18O13S/c1-46(2)22-23-47(3)54-26-27-55-53-25-24-50-43-51(30-33-76(50,4)56(53)31-34-77(54,55)5)108-75(105)94-60(19-12-37-87-74(82)83)72(104)95-41-13-20-63(95)71(103)91-58(18-11-36-86-73(80)81)68(100)89-57(17-10-35-78)67(99)90-59(69(101)93-62(45-96)70(102)92-61(66(79)98)42-48-14-7-6-8-15-48)28-29-65(97)85-39-40-88-109(106,107)64-21-9-16-49-44-84-38-32-52(49)64/h6-9,14-16,21,24,32,38,44,46-47,51,53-63,88,96H,10-13,17-20,22-23,25-31,33-37,39-43,45,78H2,1-5H3,(H2,79,98)(H,85,97)(H,89,100)(H,90,99)(H,91,103)(H,92,102)(H,93,101)(H,94,105)(H4,80,81,86)(H4,82,83,87)/t47-,51+,53+,54-,55+,56+,57?,58?,59?,60?,61?,62?,63?,76+,77-/m0/s1. The second kappa shape index (κ2) is 40.1. The van der Waals surface area contributed by atoms with E-state index in [1.54, 1.807) is 48.5 Å². The van der Waals surface area contributed by atoms with Crippen LogP contribution in [-0.4, -0.2) is 183 Å². The number of aliphatic hydroxyl groups is 1. The maximum absolute atomic E-state index is 14.9. The smallest absolute Gasteiger partial charge is 0.408 e. The fourth-order valence-electron chi connectivity index (χ4n) is 17.6. The Kier molecular flexibility index (Phi) is 31.5. The van der Waals surface area contributed by atoms with Crippen molar-refractivity contribution in [2.45, 2.75) is 223 Å². The molecule has 1 aromatic heterocycles. The topological polar surface area (TPSA) is 505 Å². The Labute approximate surface area is 639 Å². The number of carbonyl (C=O) groups excluding carboxylic acids is 9. The van der Waals surface area contributed by atoms with E-state index in [2.05, 4.69) is 98.3 Å². The Balaban J connectivity index is 0.937. The zero-order valence-corrected chi connectivity index (χ0v) is 64.6. The number of amides is 9. The highest BCUT2D eigenvalue weighted by atomic mass is 32.2. The summed E-state index contributed by atoms with van der Waals surface area (Å²) in [5.74, 6) is -3.54. The molecule has 9 amide bonds. The maximum Gasteiger partial charge on any atom is 0.408 e. The number of hydrogen-bond acceptors (Lipinski definition) is 17. The van der Waals surface area contributed by atoms with E-state index in [0.29, 0.717) is 70.6 Å². The summed E-state index contributed by atoms with van der Waals surface area (Å²) in [7, 11) is -4.09. The lowest BCUT2D eigenvalue weighted by atomic mass is 9.47. The lowest BCUT2D eigenvalue weighted by molar-refractivity contribution is -0.141. The van der Waals surface area contributed by atoms with Crippen molar-refractivity contribution in [1.29, 1.82) is 10.8 Å². The number of ether oxygens (including phenoxy) is 1. The minimum atomic E-state index is -4.09. The van der Waals surface area contributed by atoms with Gasteiger partial charge in [0.2, 0.25) is 57.3 Å². The van der Waals surface area contributed by atoms with E-state index in [4.69, 9.17) is 38.5 Å². The number of primary amides is 1. The van der Waals surface area contributed by atoms with Crippen LogP contribution in [-0.2, 0) is 59.5 Å². The van der Waals surface area contributed by atoms with Gasteiger partial charge in [-0.25, -0.2) is 17.9 Å². The van der Waals surface area contributed by atoms with E-state index in [1.165, 1.54) is 67.5 Å². The summed E-state index contributed by atoms with van der Waals surface area (Å²) in [6.07, 6.45) is 14.8. The van der Waals surface area contributed by atoms with Crippen molar-refractivity contribution in [3.8, 4) is 0 Å². The molecule has 0 bridgehead atoms. The van der Waals surface area contributed by atoms with E-state index in [-0.39, 0.29) is 113 Å². The molecule has 3 saturated carbocycles. The minimum absolute atomic E-state index is 0.00755. The molecule has 5 aliphatic rings. The average Bonchev–Trinajstić information content (AvgIpc) is 1.68. The first-order valence-electron chi connectivity index (χ1n) is 38.8. The number of hydrogen-bond donors (Lipinski definition) is 17. The van der Waals surface area contributed by atoms with Crippen LogP contribution < -0.4 is 75.5 Å². The molecule has 600 valence electrons. The van der Waals surface area contributed by atoms with Crippen LogP contribution in [0.2, 0.25) is 0 Å². The number of allylic oxidation sites excluding steroid dienone is 1. The third-order valence-corrected chi connectivity index (χ3v) is 24.9. The predicted molar refractivity (Wildman–Crippen MR) is 412 cm³/mol. The summed E-state index contributed by atoms with van der Waals surface area (Å²) in [5, 5.41) is 50.7. The number of nitrogens with one attached hydrogen (secondary N) is 12. The number of nitrogens with zero attached hydrogens (tertiary/aromatic N) is 2. The lowest BCUT2D eigenvalue weighted by Gasteiger charge is -2.58. The molecule has 0 spiro atoms. The molecule has 1 aliphatic heterocycles. The first-order chi connectivity index (χ1) is 52.0. The molecule has 31 nitrogen and oxygen atoms in total. The van der Waals surface area contributed by atoms with Gasteiger partial charge in [0.15, 0.2) is 11.9 Å². The van der Waals surface area contributed by atoms with Crippen LogP contribution in [0.5, 0.6) is 0 Å². The molecule has 0 radical (unpaired) electrons. The molecule has 109 heavy (non-hydrogen) atoms. The fraction of sp³-hybridized carbons (Fsp3) is 0.636. The summed E-state index contributed by atoms with van der Waals surface area (Å²) in [4.78, 5) is 133. The van der Waals surface area contributed by atoms with Crippen molar-refractivity contribution in [3.63, 3.8) is 0 Å². The number of sulfonamides is 1. The van der Waals surface area contributed by atoms with Crippen molar-refractivity contribution < 1.29 is 61.4 Å². The molecule has 4 fully saturated rings. The summed E-state index contributed by atoms with van der Waals surface area (Å²) < 4.78 is 35.5. The summed E-state index contributed by atoms with van der Waals surface area (Å²) >= 11 is 0.